The maximum Gasteiger partial charge on any atom is 0.243 e. The Labute approximate surface area is 282 Å². The fraction of sp³-hybridized carbons (Fsp3) is 0.289. The molecule has 10 heteroatoms. The molecule has 0 radical (unpaired) electrons. The SMILES string of the molecule is CC(C)C[C@@H](/C=C/S(C)(=O)=O)NC(=O)[C@H](Cc1ccccc1)NC(=O)[C@H](Cc1ccc(O)cc1)NC(=O)Cc1ccc2ccccc2c1. The molecule has 3 atom stereocenters. The van der Waals surface area contributed by atoms with Crippen LogP contribution in [0.4, 0.5) is 0 Å². The lowest BCUT2D eigenvalue weighted by Crippen LogP contribution is -2.56. The highest BCUT2D eigenvalue weighted by Crippen LogP contribution is 2.17. The molecule has 0 spiro atoms. The van der Waals surface area contributed by atoms with Crippen molar-refractivity contribution in [2.75, 3.05) is 6.26 Å². The Morgan fingerprint density at radius 2 is 1.27 bits per heavy atom. The summed E-state index contributed by atoms with van der Waals surface area (Å²) < 4.78 is 23.7. The molecule has 252 valence electrons. The number of nitrogens with one attached hydrogen (secondary N) is 3. The van der Waals surface area contributed by atoms with Crippen LogP contribution in [0.5, 0.6) is 5.75 Å². The molecule has 0 unspecified atom stereocenters. The number of sulfone groups is 1. The first-order chi connectivity index (χ1) is 22.8. The molecule has 0 heterocycles. The summed E-state index contributed by atoms with van der Waals surface area (Å²) in [7, 11) is -3.42. The molecule has 4 aromatic rings. The lowest BCUT2D eigenvalue weighted by atomic mass is 10.0. The summed E-state index contributed by atoms with van der Waals surface area (Å²) in [5.74, 6) is -1.19. The molecule has 0 aromatic heterocycles. The van der Waals surface area contributed by atoms with E-state index in [1.165, 1.54) is 18.2 Å². The molecule has 9 nitrogen and oxygen atoms in total. The zero-order valence-corrected chi connectivity index (χ0v) is 28.2. The number of carbonyl (C=O) groups is 3. The van der Waals surface area contributed by atoms with Crippen LogP contribution in [0.2, 0.25) is 0 Å². The number of carbonyl (C=O) groups excluding carboxylic acids is 3. The maximum atomic E-state index is 14.0. The van der Waals surface area contributed by atoms with Gasteiger partial charge in [0.1, 0.15) is 17.8 Å². The Bertz CT molecular complexity index is 1840. The van der Waals surface area contributed by atoms with Gasteiger partial charge in [0, 0.05) is 30.5 Å². The zero-order valence-electron chi connectivity index (χ0n) is 27.4. The van der Waals surface area contributed by atoms with Gasteiger partial charge in [-0.3, -0.25) is 14.4 Å². The molecule has 0 saturated heterocycles. The smallest absolute Gasteiger partial charge is 0.243 e. The number of rotatable bonds is 15. The number of hydrogen-bond donors (Lipinski definition) is 4. The Hall–Kier alpha value is -4.96. The largest absolute Gasteiger partial charge is 0.508 e. The van der Waals surface area contributed by atoms with Crippen molar-refractivity contribution in [2.45, 2.75) is 57.7 Å². The normalized spacial score (nSPS) is 13.6. The molecule has 48 heavy (non-hydrogen) atoms. The van der Waals surface area contributed by atoms with Gasteiger partial charge in [-0.1, -0.05) is 105 Å². The van der Waals surface area contributed by atoms with Gasteiger partial charge in [0.2, 0.25) is 17.7 Å². The number of hydrogen-bond acceptors (Lipinski definition) is 6. The van der Waals surface area contributed by atoms with E-state index in [2.05, 4.69) is 16.0 Å². The van der Waals surface area contributed by atoms with Gasteiger partial charge >= 0.3 is 0 Å². The van der Waals surface area contributed by atoms with Gasteiger partial charge in [0.25, 0.3) is 0 Å². The summed E-state index contributed by atoms with van der Waals surface area (Å²) in [6.45, 7) is 3.93. The maximum absolute atomic E-state index is 14.0. The second kappa shape index (κ2) is 16.7. The third-order valence-electron chi connectivity index (χ3n) is 7.73. The Balaban J connectivity index is 1.57. The molecule has 0 fully saturated rings. The second-order valence-corrected chi connectivity index (χ2v) is 14.4. The van der Waals surface area contributed by atoms with Crippen LogP contribution in [0, 0.1) is 5.92 Å². The predicted molar refractivity (Wildman–Crippen MR) is 189 cm³/mol. The lowest BCUT2D eigenvalue weighted by molar-refractivity contribution is -0.132. The second-order valence-electron chi connectivity index (χ2n) is 12.5. The summed E-state index contributed by atoms with van der Waals surface area (Å²) in [5.41, 5.74) is 2.29. The molecular formula is C38H43N3O6S. The van der Waals surface area contributed by atoms with Crippen molar-refractivity contribution < 1.29 is 27.9 Å². The van der Waals surface area contributed by atoms with Gasteiger partial charge in [-0.15, -0.1) is 0 Å². The number of amides is 3. The molecule has 0 bridgehead atoms. The minimum Gasteiger partial charge on any atom is -0.508 e. The molecule has 0 aliphatic heterocycles. The average molecular weight is 670 g/mol. The standard InChI is InChI=1S/C38H43N3O6S/c1-26(2)21-32(19-20-48(3,46)47)39-37(44)35(23-27-9-5-4-6-10-27)41-38(45)34(24-28-14-17-33(42)18-15-28)40-36(43)25-29-13-16-30-11-7-8-12-31(30)22-29/h4-20,22,26,32,34-35,42H,21,23-25H2,1-3H3,(H,39,44)(H,40,43)(H,41,45)/b20-19+/t32-,34+,35+/m1/s1. The van der Waals surface area contributed by atoms with Gasteiger partial charge in [-0.25, -0.2) is 8.42 Å². The Morgan fingerprint density at radius 3 is 1.92 bits per heavy atom. The Morgan fingerprint density at radius 1 is 0.708 bits per heavy atom. The summed E-state index contributed by atoms with van der Waals surface area (Å²) in [4.78, 5) is 41.1. The molecule has 4 rings (SSSR count). The van der Waals surface area contributed by atoms with Crippen molar-refractivity contribution in [3.05, 3.63) is 125 Å². The van der Waals surface area contributed by atoms with E-state index in [4.69, 9.17) is 0 Å². The van der Waals surface area contributed by atoms with E-state index in [0.29, 0.717) is 12.0 Å². The first-order valence-corrected chi connectivity index (χ1v) is 17.9. The topological polar surface area (TPSA) is 142 Å². The van der Waals surface area contributed by atoms with Crippen LogP contribution in [0.15, 0.2) is 109 Å². The fourth-order valence-corrected chi connectivity index (χ4v) is 5.88. The highest BCUT2D eigenvalue weighted by molar-refractivity contribution is 7.93. The van der Waals surface area contributed by atoms with Crippen LogP contribution in [-0.2, 0) is 43.5 Å². The van der Waals surface area contributed by atoms with E-state index >= 15 is 0 Å². The van der Waals surface area contributed by atoms with Gasteiger partial charge in [0.05, 0.1) is 6.42 Å². The van der Waals surface area contributed by atoms with Crippen LogP contribution in [0.25, 0.3) is 10.8 Å². The highest BCUT2D eigenvalue weighted by Gasteiger charge is 2.28. The van der Waals surface area contributed by atoms with E-state index in [-0.39, 0.29) is 36.8 Å². The van der Waals surface area contributed by atoms with Gasteiger partial charge in [-0.05, 0) is 51.9 Å². The number of phenolic OH excluding ortho intramolecular Hbond substituents is 1. The van der Waals surface area contributed by atoms with Crippen LogP contribution in [-0.4, -0.2) is 55.6 Å². The van der Waals surface area contributed by atoms with E-state index in [9.17, 15) is 27.9 Å². The minimum atomic E-state index is -3.42. The monoisotopic (exact) mass is 669 g/mol. The summed E-state index contributed by atoms with van der Waals surface area (Å²) in [6, 6.07) is 26.5. The molecule has 0 saturated carbocycles. The molecule has 4 N–H and O–H groups in total. The van der Waals surface area contributed by atoms with Crippen LogP contribution >= 0.6 is 0 Å². The highest BCUT2D eigenvalue weighted by atomic mass is 32.2. The Kier molecular flexibility index (Phi) is 12.5. The van der Waals surface area contributed by atoms with E-state index in [0.717, 1.165) is 33.6 Å². The van der Waals surface area contributed by atoms with Crippen molar-refractivity contribution in [2.24, 2.45) is 5.92 Å². The van der Waals surface area contributed by atoms with Crippen molar-refractivity contribution in [1.82, 2.24) is 16.0 Å². The van der Waals surface area contributed by atoms with E-state index in [1.54, 1.807) is 12.1 Å². The quantitative estimate of drug-likeness (QED) is 0.146. The lowest BCUT2D eigenvalue weighted by Gasteiger charge is -2.25. The predicted octanol–water partition coefficient (Wildman–Crippen LogP) is 4.63. The summed E-state index contributed by atoms with van der Waals surface area (Å²) in [5, 5.41) is 21.5. The van der Waals surface area contributed by atoms with Gasteiger partial charge in [0.15, 0.2) is 9.84 Å². The molecule has 3 amide bonds. The third kappa shape index (κ3) is 11.7. The summed E-state index contributed by atoms with van der Waals surface area (Å²) >= 11 is 0. The molecule has 0 aliphatic carbocycles. The van der Waals surface area contributed by atoms with Crippen molar-refractivity contribution >= 4 is 38.3 Å². The first kappa shape index (κ1) is 35.9. The van der Waals surface area contributed by atoms with Crippen LogP contribution < -0.4 is 16.0 Å². The first-order valence-electron chi connectivity index (χ1n) is 15.9. The van der Waals surface area contributed by atoms with Crippen molar-refractivity contribution in [3.63, 3.8) is 0 Å². The van der Waals surface area contributed by atoms with Gasteiger partial charge < -0.3 is 21.1 Å². The summed E-state index contributed by atoms with van der Waals surface area (Å²) in [6.07, 6.45) is 3.34. The average Bonchev–Trinajstić information content (AvgIpc) is 3.03. The van der Waals surface area contributed by atoms with Crippen molar-refractivity contribution in [3.8, 4) is 5.75 Å². The van der Waals surface area contributed by atoms with Crippen molar-refractivity contribution in [1.29, 1.82) is 0 Å². The number of phenols is 1. The van der Waals surface area contributed by atoms with Crippen LogP contribution in [0.1, 0.15) is 37.0 Å². The molecule has 4 aromatic carbocycles. The van der Waals surface area contributed by atoms with E-state index < -0.39 is 39.8 Å². The van der Waals surface area contributed by atoms with E-state index in [1.807, 2.05) is 86.6 Å². The molecular weight excluding hydrogens is 627 g/mol. The number of benzene rings is 4. The van der Waals surface area contributed by atoms with Crippen LogP contribution in [0.3, 0.4) is 0 Å². The fourth-order valence-electron chi connectivity index (χ4n) is 5.40. The third-order valence-corrected chi connectivity index (χ3v) is 8.38. The number of aromatic hydroxyl groups is 1. The van der Waals surface area contributed by atoms with Gasteiger partial charge in [-0.2, -0.15) is 0 Å². The molecule has 0 aliphatic rings. The zero-order chi connectivity index (χ0) is 34.7. The minimum absolute atomic E-state index is 0.0433. The number of fused-ring (bicyclic) bond motifs is 1.